The molecule has 0 aliphatic carbocycles. The molecule has 2 aromatic carbocycles. The average Bonchev–Trinajstić information content (AvgIpc) is 3.33. The molecule has 10 heteroatoms. The molecule has 3 rings (SSSR count). The van der Waals surface area contributed by atoms with E-state index in [0.29, 0.717) is 43.1 Å². The Morgan fingerprint density at radius 3 is 2.47 bits per heavy atom. The van der Waals surface area contributed by atoms with E-state index in [1.807, 2.05) is 37.3 Å². The summed E-state index contributed by atoms with van der Waals surface area (Å²) in [7, 11) is -3.59. The van der Waals surface area contributed by atoms with Crippen molar-refractivity contribution in [3.8, 4) is 11.5 Å². The summed E-state index contributed by atoms with van der Waals surface area (Å²) in [5.41, 5.74) is 1.52. The summed E-state index contributed by atoms with van der Waals surface area (Å²) in [4.78, 5) is 27.5. The molecule has 0 spiro atoms. The third kappa shape index (κ3) is 7.36. The van der Waals surface area contributed by atoms with Crippen molar-refractivity contribution in [1.29, 1.82) is 0 Å². The second kappa shape index (κ2) is 12.6. The van der Waals surface area contributed by atoms with Gasteiger partial charge < -0.3 is 19.7 Å². The molecule has 0 saturated carbocycles. The van der Waals surface area contributed by atoms with Crippen molar-refractivity contribution < 1.29 is 27.5 Å². The Morgan fingerprint density at radius 1 is 1.06 bits per heavy atom. The Labute approximate surface area is 213 Å². The summed E-state index contributed by atoms with van der Waals surface area (Å²) in [5, 5.41) is 2.86. The monoisotopic (exact) mass is 517 g/mol. The van der Waals surface area contributed by atoms with Gasteiger partial charge in [0.15, 0.2) is 11.5 Å². The minimum absolute atomic E-state index is 0.0923. The molecule has 1 N–H and O–H groups in total. The number of rotatable bonds is 13. The molecule has 0 bridgehead atoms. The van der Waals surface area contributed by atoms with Gasteiger partial charge in [0.05, 0.1) is 11.9 Å². The van der Waals surface area contributed by atoms with E-state index in [0.717, 1.165) is 18.2 Å². The lowest BCUT2D eigenvalue weighted by atomic mass is 10.1. The van der Waals surface area contributed by atoms with Gasteiger partial charge in [-0.2, -0.15) is 0 Å². The zero-order chi connectivity index (χ0) is 26.1. The van der Waals surface area contributed by atoms with Gasteiger partial charge >= 0.3 is 0 Å². The van der Waals surface area contributed by atoms with E-state index in [-0.39, 0.29) is 31.6 Å². The number of carbonyl (C=O) groups is 2. The third-order valence-electron chi connectivity index (χ3n) is 6.00. The predicted octanol–water partition coefficient (Wildman–Crippen LogP) is 2.95. The third-order valence-corrected chi connectivity index (χ3v) is 7.19. The van der Waals surface area contributed by atoms with E-state index in [2.05, 4.69) is 5.32 Å². The van der Waals surface area contributed by atoms with Crippen LogP contribution < -0.4 is 19.1 Å². The lowest BCUT2D eigenvalue weighted by molar-refractivity contribution is -0.139. The Bertz CT molecular complexity index is 1140. The van der Waals surface area contributed by atoms with Crippen molar-refractivity contribution >= 4 is 27.5 Å². The van der Waals surface area contributed by atoms with Gasteiger partial charge in [-0.1, -0.05) is 37.3 Å². The lowest BCUT2D eigenvalue weighted by Gasteiger charge is -2.29. The van der Waals surface area contributed by atoms with E-state index < -0.39 is 16.1 Å². The van der Waals surface area contributed by atoms with Crippen LogP contribution in [0.4, 0.5) is 5.69 Å². The number of benzene rings is 2. The van der Waals surface area contributed by atoms with Crippen LogP contribution in [0.2, 0.25) is 0 Å². The Morgan fingerprint density at radius 2 is 1.78 bits per heavy atom. The van der Waals surface area contributed by atoms with E-state index in [9.17, 15) is 18.0 Å². The molecule has 0 fully saturated rings. The first-order valence-corrected chi connectivity index (χ1v) is 14.0. The Balaban J connectivity index is 1.67. The summed E-state index contributed by atoms with van der Waals surface area (Å²) in [6.45, 7) is 4.84. The van der Waals surface area contributed by atoms with Crippen molar-refractivity contribution in [3.05, 3.63) is 54.1 Å². The number of sulfonamides is 1. The van der Waals surface area contributed by atoms with Gasteiger partial charge in [-0.3, -0.25) is 13.9 Å². The van der Waals surface area contributed by atoms with Crippen LogP contribution >= 0.6 is 0 Å². The molecule has 1 aliphatic heterocycles. The summed E-state index contributed by atoms with van der Waals surface area (Å²) in [5.74, 6) is 0.656. The predicted molar refractivity (Wildman–Crippen MR) is 139 cm³/mol. The topological polar surface area (TPSA) is 105 Å². The highest BCUT2D eigenvalue weighted by Gasteiger charge is 2.26. The summed E-state index contributed by atoms with van der Waals surface area (Å²) in [6.07, 6.45) is 2.95. The minimum Gasteiger partial charge on any atom is -0.454 e. The van der Waals surface area contributed by atoms with Crippen molar-refractivity contribution in [2.45, 2.75) is 45.6 Å². The van der Waals surface area contributed by atoms with Crippen LogP contribution in [0.5, 0.6) is 11.5 Å². The molecule has 2 aromatic rings. The second-order valence-electron chi connectivity index (χ2n) is 8.77. The molecule has 1 aliphatic rings. The maximum atomic E-state index is 13.2. The van der Waals surface area contributed by atoms with Crippen LogP contribution in [0.15, 0.2) is 48.5 Å². The van der Waals surface area contributed by atoms with Gasteiger partial charge in [0.25, 0.3) is 0 Å². The van der Waals surface area contributed by atoms with E-state index in [1.165, 1.54) is 4.31 Å². The number of amides is 2. The Hall–Kier alpha value is -3.27. The summed E-state index contributed by atoms with van der Waals surface area (Å²) >= 11 is 0. The van der Waals surface area contributed by atoms with Crippen molar-refractivity contribution in [1.82, 2.24) is 10.2 Å². The fourth-order valence-corrected chi connectivity index (χ4v) is 4.97. The highest BCUT2D eigenvalue weighted by molar-refractivity contribution is 7.92. The molecule has 0 saturated heterocycles. The number of hydrogen-bond donors (Lipinski definition) is 1. The molecule has 0 aromatic heterocycles. The number of fused-ring (bicyclic) bond motifs is 1. The highest BCUT2D eigenvalue weighted by Crippen LogP contribution is 2.36. The molecule has 1 atom stereocenters. The van der Waals surface area contributed by atoms with Crippen LogP contribution in [0, 0.1) is 0 Å². The SMILES string of the molecule is CCCNC(=O)C(C)N(CCc1ccccc1)C(=O)CCCN(c1ccc2c(c1)OCO2)S(C)(=O)=O. The molecular formula is C26H35N3O6S. The smallest absolute Gasteiger partial charge is 0.242 e. The number of nitrogens with one attached hydrogen (secondary N) is 1. The first kappa shape index (κ1) is 27.3. The minimum atomic E-state index is -3.59. The van der Waals surface area contributed by atoms with E-state index in [1.54, 1.807) is 30.0 Å². The zero-order valence-electron chi connectivity index (χ0n) is 21.1. The van der Waals surface area contributed by atoms with Crippen molar-refractivity contribution in [2.75, 3.05) is 37.0 Å². The van der Waals surface area contributed by atoms with Gasteiger partial charge in [0, 0.05) is 32.1 Å². The van der Waals surface area contributed by atoms with E-state index in [4.69, 9.17) is 9.47 Å². The molecule has 196 valence electrons. The second-order valence-corrected chi connectivity index (χ2v) is 10.7. The average molecular weight is 518 g/mol. The maximum Gasteiger partial charge on any atom is 0.242 e. The fourth-order valence-electron chi connectivity index (χ4n) is 4.01. The quantitative estimate of drug-likeness (QED) is 0.438. The summed E-state index contributed by atoms with van der Waals surface area (Å²) < 4.78 is 36.9. The maximum absolute atomic E-state index is 13.2. The number of anilines is 1. The van der Waals surface area contributed by atoms with Gasteiger partial charge in [-0.05, 0) is 43.9 Å². The number of ether oxygens (including phenoxy) is 2. The molecule has 9 nitrogen and oxygen atoms in total. The standard InChI is InChI=1S/C26H35N3O6S/c1-4-15-27-26(31)20(2)28(17-14-21-9-6-5-7-10-21)25(30)11-8-16-29(36(3,32)33)22-12-13-23-24(18-22)35-19-34-23/h5-7,9-10,12-13,18,20H,4,8,11,14-17,19H2,1-3H3,(H,27,31). The number of carbonyl (C=O) groups excluding carboxylic acids is 2. The normalized spacial score (nSPS) is 13.2. The summed E-state index contributed by atoms with van der Waals surface area (Å²) in [6, 6.07) is 14.1. The van der Waals surface area contributed by atoms with Crippen molar-refractivity contribution in [2.24, 2.45) is 0 Å². The zero-order valence-corrected chi connectivity index (χ0v) is 21.9. The molecular weight excluding hydrogens is 482 g/mol. The van der Waals surface area contributed by atoms with Gasteiger partial charge in [-0.15, -0.1) is 0 Å². The van der Waals surface area contributed by atoms with Gasteiger partial charge in [0.2, 0.25) is 28.6 Å². The number of nitrogens with zero attached hydrogens (tertiary/aromatic N) is 2. The molecule has 36 heavy (non-hydrogen) atoms. The first-order valence-electron chi connectivity index (χ1n) is 12.2. The van der Waals surface area contributed by atoms with Crippen LogP contribution in [0.1, 0.15) is 38.7 Å². The molecule has 1 heterocycles. The van der Waals surface area contributed by atoms with Crippen molar-refractivity contribution in [3.63, 3.8) is 0 Å². The van der Waals surface area contributed by atoms with Crippen LogP contribution in [0.3, 0.4) is 0 Å². The fraction of sp³-hybridized carbons (Fsp3) is 0.462. The van der Waals surface area contributed by atoms with Gasteiger partial charge in [-0.25, -0.2) is 8.42 Å². The van der Waals surface area contributed by atoms with Crippen LogP contribution in [0.25, 0.3) is 0 Å². The largest absolute Gasteiger partial charge is 0.454 e. The highest BCUT2D eigenvalue weighted by atomic mass is 32.2. The Kier molecular flexibility index (Phi) is 9.58. The molecule has 1 unspecified atom stereocenters. The van der Waals surface area contributed by atoms with Crippen LogP contribution in [-0.2, 0) is 26.0 Å². The lowest BCUT2D eigenvalue weighted by Crippen LogP contribution is -2.49. The van der Waals surface area contributed by atoms with Crippen LogP contribution in [-0.4, -0.2) is 63.9 Å². The number of hydrogen-bond acceptors (Lipinski definition) is 6. The molecule has 2 amide bonds. The molecule has 0 radical (unpaired) electrons. The van der Waals surface area contributed by atoms with E-state index >= 15 is 0 Å². The van der Waals surface area contributed by atoms with Gasteiger partial charge in [0.1, 0.15) is 6.04 Å². The first-order chi connectivity index (χ1) is 17.2.